The van der Waals surface area contributed by atoms with Crippen LogP contribution in [0.1, 0.15) is 18.1 Å². The normalized spacial score (nSPS) is 15.8. The third-order valence-electron chi connectivity index (χ3n) is 4.18. The Hall–Kier alpha value is -2.80. The first-order valence-corrected chi connectivity index (χ1v) is 7.77. The fourth-order valence-electron chi connectivity index (χ4n) is 3.02. The molecule has 4 heteroatoms. The molecular formula is C19H19N3O. The standard InChI is InChI=1S/C19H19N3O/c1-14-12-16-4-2-3-5-18(16)22(14)13-19(23)21-17-8-6-15(7-9-17)10-11-20/h2-9,14H,10,12-13H2,1H3,(H,21,23)/t14-/m0/s1. The summed E-state index contributed by atoms with van der Waals surface area (Å²) in [6.45, 7) is 2.49. The molecule has 0 saturated carbocycles. The lowest BCUT2D eigenvalue weighted by Gasteiger charge is -2.24. The van der Waals surface area contributed by atoms with Gasteiger partial charge in [0.2, 0.25) is 5.91 Å². The highest BCUT2D eigenvalue weighted by molar-refractivity contribution is 5.94. The summed E-state index contributed by atoms with van der Waals surface area (Å²) in [5, 5.41) is 11.6. The van der Waals surface area contributed by atoms with Crippen LogP contribution in [-0.2, 0) is 17.6 Å². The Kier molecular flexibility index (Phi) is 4.29. The Labute approximate surface area is 136 Å². The van der Waals surface area contributed by atoms with E-state index in [1.807, 2.05) is 36.4 Å². The highest BCUT2D eigenvalue weighted by Gasteiger charge is 2.26. The molecule has 0 aliphatic carbocycles. The van der Waals surface area contributed by atoms with Gasteiger partial charge >= 0.3 is 0 Å². The molecule has 2 aromatic carbocycles. The van der Waals surface area contributed by atoms with Gasteiger partial charge in [-0.3, -0.25) is 4.79 Å². The minimum absolute atomic E-state index is 0.0263. The van der Waals surface area contributed by atoms with Crippen molar-refractivity contribution in [2.75, 3.05) is 16.8 Å². The monoisotopic (exact) mass is 305 g/mol. The van der Waals surface area contributed by atoms with Crippen LogP contribution in [0, 0.1) is 11.3 Å². The van der Waals surface area contributed by atoms with Crippen LogP contribution in [0.2, 0.25) is 0 Å². The van der Waals surface area contributed by atoms with Crippen LogP contribution in [-0.4, -0.2) is 18.5 Å². The Morgan fingerprint density at radius 2 is 2.00 bits per heavy atom. The first kappa shape index (κ1) is 15.1. The maximum Gasteiger partial charge on any atom is 0.243 e. The van der Waals surface area contributed by atoms with Crippen molar-refractivity contribution in [1.82, 2.24) is 0 Å². The van der Waals surface area contributed by atoms with Crippen molar-refractivity contribution < 1.29 is 4.79 Å². The van der Waals surface area contributed by atoms with Gasteiger partial charge in [-0.2, -0.15) is 5.26 Å². The maximum absolute atomic E-state index is 12.3. The molecule has 0 bridgehead atoms. The third-order valence-corrected chi connectivity index (χ3v) is 4.18. The number of carbonyl (C=O) groups is 1. The number of carbonyl (C=O) groups excluding carboxylic acids is 1. The Morgan fingerprint density at radius 1 is 1.26 bits per heavy atom. The van der Waals surface area contributed by atoms with Crippen LogP contribution in [0.4, 0.5) is 11.4 Å². The first-order chi connectivity index (χ1) is 11.2. The Morgan fingerprint density at radius 3 is 2.74 bits per heavy atom. The third kappa shape index (κ3) is 3.35. The highest BCUT2D eigenvalue weighted by atomic mass is 16.2. The largest absolute Gasteiger partial charge is 0.359 e. The van der Waals surface area contributed by atoms with Crippen LogP contribution in [0.5, 0.6) is 0 Å². The molecule has 4 nitrogen and oxygen atoms in total. The molecule has 1 N–H and O–H groups in total. The topological polar surface area (TPSA) is 56.1 Å². The van der Waals surface area contributed by atoms with E-state index in [4.69, 9.17) is 5.26 Å². The number of hydrogen-bond donors (Lipinski definition) is 1. The van der Waals surface area contributed by atoms with Gasteiger partial charge in [0.1, 0.15) is 0 Å². The van der Waals surface area contributed by atoms with Crippen LogP contribution in [0.15, 0.2) is 48.5 Å². The molecule has 3 rings (SSSR count). The fourth-order valence-corrected chi connectivity index (χ4v) is 3.02. The maximum atomic E-state index is 12.3. The molecule has 0 fully saturated rings. The molecular weight excluding hydrogens is 286 g/mol. The highest BCUT2D eigenvalue weighted by Crippen LogP contribution is 2.31. The van der Waals surface area contributed by atoms with E-state index in [0.717, 1.165) is 23.4 Å². The average molecular weight is 305 g/mol. The second kappa shape index (κ2) is 6.53. The molecule has 2 aromatic rings. The van der Waals surface area contributed by atoms with Crippen molar-refractivity contribution in [3.05, 3.63) is 59.7 Å². The lowest BCUT2D eigenvalue weighted by molar-refractivity contribution is -0.115. The molecule has 0 saturated heterocycles. The van der Waals surface area contributed by atoms with Crippen molar-refractivity contribution in [1.29, 1.82) is 5.26 Å². The molecule has 0 unspecified atom stereocenters. The molecule has 1 aliphatic heterocycles. The number of nitriles is 1. The zero-order valence-electron chi connectivity index (χ0n) is 13.1. The van der Waals surface area contributed by atoms with Crippen LogP contribution in [0.25, 0.3) is 0 Å². The van der Waals surface area contributed by atoms with Crippen molar-refractivity contribution >= 4 is 17.3 Å². The van der Waals surface area contributed by atoms with E-state index in [-0.39, 0.29) is 5.91 Å². The van der Waals surface area contributed by atoms with E-state index in [9.17, 15) is 4.79 Å². The number of anilines is 2. The summed E-state index contributed by atoms with van der Waals surface area (Å²) in [7, 11) is 0. The van der Waals surface area contributed by atoms with E-state index in [0.29, 0.717) is 19.0 Å². The fraction of sp³-hybridized carbons (Fsp3) is 0.263. The summed E-state index contributed by atoms with van der Waals surface area (Å²) in [5.41, 5.74) is 4.16. The van der Waals surface area contributed by atoms with E-state index < -0.39 is 0 Å². The molecule has 1 atom stereocenters. The number of nitrogens with zero attached hydrogens (tertiary/aromatic N) is 2. The van der Waals surface area contributed by atoms with E-state index >= 15 is 0 Å². The van der Waals surface area contributed by atoms with Crippen LogP contribution >= 0.6 is 0 Å². The van der Waals surface area contributed by atoms with Gasteiger partial charge in [-0.1, -0.05) is 30.3 Å². The summed E-state index contributed by atoms with van der Waals surface area (Å²) in [6.07, 6.45) is 1.36. The molecule has 0 spiro atoms. The lowest BCUT2D eigenvalue weighted by Crippen LogP contribution is -2.37. The number of amides is 1. The first-order valence-electron chi connectivity index (χ1n) is 7.77. The summed E-state index contributed by atoms with van der Waals surface area (Å²) < 4.78 is 0. The molecule has 1 amide bonds. The average Bonchev–Trinajstić information content (AvgIpc) is 2.85. The van der Waals surface area contributed by atoms with Gasteiger partial charge in [0.25, 0.3) is 0 Å². The summed E-state index contributed by atoms with van der Waals surface area (Å²) in [6, 6.07) is 18.1. The minimum atomic E-state index is -0.0263. The molecule has 0 aromatic heterocycles. The SMILES string of the molecule is C[C@H]1Cc2ccccc2N1CC(=O)Nc1ccc(CC#N)cc1. The number of rotatable bonds is 4. The number of hydrogen-bond acceptors (Lipinski definition) is 3. The van der Waals surface area contributed by atoms with E-state index in [2.05, 4.69) is 35.3 Å². The van der Waals surface area contributed by atoms with Gasteiger partial charge in [-0.25, -0.2) is 0 Å². The van der Waals surface area contributed by atoms with E-state index in [1.54, 1.807) is 0 Å². The summed E-state index contributed by atoms with van der Waals surface area (Å²) >= 11 is 0. The van der Waals surface area contributed by atoms with Crippen LogP contribution < -0.4 is 10.2 Å². The number of fused-ring (bicyclic) bond motifs is 1. The Bertz CT molecular complexity index is 746. The van der Waals surface area contributed by atoms with Gasteiger partial charge in [0.05, 0.1) is 19.0 Å². The van der Waals surface area contributed by atoms with Gasteiger partial charge in [-0.05, 0) is 42.7 Å². The predicted octanol–water partition coefficient (Wildman–Crippen LogP) is 3.14. The predicted molar refractivity (Wildman–Crippen MR) is 91.3 cm³/mol. The Balaban J connectivity index is 1.65. The van der Waals surface area contributed by atoms with Gasteiger partial charge in [-0.15, -0.1) is 0 Å². The summed E-state index contributed by atoms with van der Waals surface area (Å²) in [4.78, 5) is 14.5. The second-order valence-electron chi connectivity index (χ2n) is 5.89. The number of nitrogens with one attached hydrogen (secondary N) is 1. The van der Waals surface area contributed by atoms with Crippen molar-refractivity contribution in [2.24, 2.45) is 0 Å². The number of para-hydroxylation sites is 1. The van der Waals surface area contributed by atoms with Crippen molar-refractivity contribution in [3.8, 4) is 6.07 Å². The molecule has 0 radical (unpaired) electrons. The van der Waals surface area contributed by atoms with Crippen LogP contribution in [0.3, 0.4) is 0 Å². The number of benzene rings is 2. The molecule has 1 aliphatic rings. The van der Waals surface area contributed by atoms with Crippen molar-refractivity contribution in [2.45, 2.75) is 25.8 Å². The zero-order valence-corrected chi connectivity index (χ0v) is 13.1. The molecule has 23 heavy (non-hydrogen) atoms. The van der Waals surface area contributed by atoms with Gasteiger partial charge < -0.3 is 10.2 Å². The van der Waals surface area contributed by atoms with Gasteiger partial charge in [0, 0.05) is 17.4 Å². The minimum Gasteiger partial charge on any atom is -0.359 e. The quantitative estimate of drug-likeness (QED) is 0.944. The lowest BCUT2D eigenvalue weighted by atomic mass is 10.1. The smallest absolute Gasteiger partial charge is 0.243 e. The van der Waals surface area contributed by atoms with Gasteiger partial charge in [0.15, 0.2) is 0 Å². The zero-order chi connectivity index (χ0) is 16.2. The van der Waals surface area contributed by atoms with Crippen molar-refractivity contribution in [3.63, 3.8) is 0 Å². The van der Waals surface area contributed by atoms with E-state index in [1.165, 1.54) is 5.56 Å². The summed E-state index contributed by atoms with van der Waals surface area (Å²) in [5.74, 6) is -0.0263. The molecule has 116 valence electrons. The second-order valence-corrected chi connectivity index (χ2v) is 5.89. The molecule has 1 heterocycles.